The summed E-state index contributed by atoms with van der Waals surface area (Å²) < 4.78 is 0. The van der Waals surface area contributed by atoms with E-state index in [4.69, 9.17) is 0 Å². The molecule has 4 nitrogen and oxygen atoms in total. The summed E-state index contributed by atoms with van der Waals surface area (Å²) in [6.45, 7) is 5.22. The molecule has 0 radical (unpaired) electrons. The van der Waals surface area contributed by atoms with E-state index in [0.29, 0.717) is 18.0 Å². The first-order valence-electron chi connectivity index (χ1n) is 9.22. The van der Waals surface area contributed by atoms with E-state index in [2.05, 4.69) is 12.2 Å². The Hall–Kier alpha value is -2.53. The number of fused-ring (bicyclic) bond motifs is 1. The molecule has 140 valence electrons. The minimum Gasteiger partial charge on any atom is -0.353 e. The number of nitrogens with zero attached hydrogens (tertiary/aromatic N) is 1. The Morgan fingerprint density at radius 2 is 1.89 bits per heavy atom. The molecular weight excluding hydrogens is 356 g/mol. The number of rotatable bonds is 6. The Labute approximate surface area is 164 Å². The van der Waals surface area contributed by atoms with Crippen molar-refractivity contribution in [3.8, 4) is 0 Å². The highest BCUT2D eigenvalue weighted by Crippen LogP contribution is 2.41. The molecule has 0 spiro atoms. The molecule has 1 N–H and O–H groups in total. The van der Waals surface area contributed by atoms with E-state index in [9.17, 15) is 9.59 Å². The molecule has 1 aliphatic heterocycles. The van der Waals surface area contributed by atoms with Crippen molar-refractivity contribution in [1.82, 2.24) is 5.32 Å². The Morgan fingerprint density at radius 3 is 2.63 bits per heavy atom. The third kappa shape index (κ3) is 4.80. The number of thioether (sulfide) groups is 1. The molecule has 0 atom stereocenters. The number of para-hydroxylation sites is 1. The zero-order valence-corrected chi connectivity index (χ0v) is 16.5. The third-order valence-corrected chi connectivity index (χ3v) is 5.46. The van der Waals surface area contributed by atoms with Crippen molar-refractivity contribution in [2.45, 2.75) is 38.1 Å². The van der Waals surface area contributed by atoms with Crippen molar-refractivity contribution < 1.29 is 9.59 Å². The molecule has 5 heteroatoms. The van der Waals surface area contributed by atoms with E-state index in [1.54, 1.807) is 4.90 Å². The number of carbonyl (C=O) groups is 2. The zero-order valence-electron chi connectivity index (χ0n) is 15.7. The van der Waals surface area contributed by atoms with E-state index < -0.39 is 0 Å². The summed E-state index contributed by atoms with van der Waals surface area (Å²) in [7, 11) is 0. The first-order valence-corrected chi connectivity index (χ1v) is 10.0. The SMILES string of the molecule is CCCCNC(=O)/C=C1\Sc2ccccc2N(Cc2ccc(C)cc2)C1=O. The van der Waals surface area contributed by atoms with Gasteiger partial charge in [-0.1, -0.05) is 67.1 Å². The van der Waals surface area contributed by atoms with Gasteiger partial charge in [-0.2, -0.15) is 0 Å². The molecule has 27 heavy (non-hydrogen) atoms. The van der Waals surface area contributed by atoms with Gasteiger partial charge >= 0.3 is 0 Å². The molecule has 2 aromatic carbocycles. The van der Waals surface area contributed by atoms with Gasteiger partial charge in [-0.3, -0.25) is 9.59 Å². The van der Waals surface area contributed by atoms with Gasteiger partial charge in [0.05, 0.1) is 17.1 Å². The Morgan fingerprint density at radius 1 is 1.15 bits per heavy atom. The van der Waals surface area contributed by atoms with Gasteiger partial charge in [0.1, 0.15) is 0 Å². The van der Waals surface area contributed by atoms with E-state index in [1.807, 2.05) is 55.5 Å². The number of hydrogen-bond acceptors (Lipinski definition) is 3. The molecule has 0 aromatic heterocycles. The van der Waals surface area contributed by atoms with E-state index in [1.165, 1.54) is 23.4 Å². The molecule has 0 aliphatic carbocycles. The second-order valence-electron chi connectivity index (χ2n) is 6.60. The average Bonchev–Trinajstić information content (AvgIpc) is 2.67. The van der Waals surface area contributed by atoms with Crippen molar-refractivity contribution >= 4 is 29.3 Å². The Kier molecular flexibility index (Phi) is 6.35. The Bertz CT molecular complexity index is 859. The van der Waals surface area contributed by atoms with Crippen molar-refractivity contribution in [2.24, 2.45) is 0 Å². The number of benzene rings is 2. The van der Waals surface area contributed by atoms with E-state index >= 15 is 0 Å². The summed E-state index contributed by atoms with van der Waals surface area (Å²) in [5, 5.41) is 2.85. The van der Waals surface area contributed by atoms with E-state index in [0.717, 1.165) is 29.0 Å². The van der Waals surface area contributed by atoms with Gasteiger partial charge in [0.25, 0.3) is 5.91 Å². The second-order valence-corrected chi connectivity index (χ2v) is 7.68. The van der Waals surface area contributed by atoms with Crippen molar-refractivity contribution in [3.63, 3.8) is 0 Å². The minimum atomic E-state index is -0.214. The molecule has 2 amide bonds. The molecule has 0 bridgehead atoms. The molecule has 2 aromatic rings. The lowest BCUT2D eigenvalue weighted by Gasteiger charge is -2.30. The number of nitrogens with one attached hydrogen (secondary N) is 1. The molecule has 3 rings (SSSR count). The first kappa shape index (κ1) is 19.2. The fourth-order valence-corrected chi connectivity index (χ4v) is 3.88. The number of carbonyl (C=O) groups excluding carboxylic acids is 2. The number of unbranched alkanes of at least 4 members (excludes halogenated alkanes) is 1. The predicted octanol–water partition coefficient (Wildman–Crippen LogP) is 4.43. The van der Waals surface area contributed by atoms with Gasteiger partial charge in [-0.15, -0.1) is 0 Å². The number of anilines is 1. The minimum absolute atomic E-state index is 0.134. The lowest BCUT2D eigenvalue weighted by molar-refractivity contribution is -0.118. The summed E-state index contributed by atoms with van der Waals surface area (Å²) >= 11 is 1.36. The van der Waals surface area contributed by atoms with Crippen LogP contribution in [0.5, 0.6) is 0 Å². The molecule has 1 heterocycles. The van der Waals surface area contributed by atoms with Crippen LogP contribution in [0.4, 0.5) is 5.69 Å². The summed E-state index contributed by atoms with van der Waals surface area (Å²) in [6.07, 6.45) is 3.38. The van der Waals surface area contributed by atoms with Crippen LogP contribution >= 0.6 is 11.8 Å². The van der Waals surface area contributed by atoms with Crippen LogP contribution in [0.1, 0.15) is 30.9 Å². The summed E-state index contributed by atoms with van der Waals surface area (Å²) in [5.41, 5.74) is 3.13. The molecular formula is C22H24N2O2S. The molecule has 0 saturated heterocycles. The van der Waals surface area contributed by atoms with Crippen LogP contribution in [0, 0.1) is 6.92 Å². The monoisotopic (exact) mass is 380 g/mol. The van der Waals surface area contributed by atoms with Gasteiger partial charge in [0.2, 0.25) is 5.91 Å². The van der Waals surface area contributed by atoms with Gasteiger partial charge < -0.3 is 10.2 Å². The predicted molar refractivity (Wildman–Crippen MR) is 111 cm³/mol. The average molecular weight is 381 g/mol. The highest BCUT2D eigenvalue weighted by Gasteiger charge is 2.29. The van der Waals surface area contributed by atoms with Crippen molar-refractivity contribution in [3.05, 3.63) is 70.6 Å². The number of aryl methyl sites for hydroxylation is 1. The van der Waals surface area contributed by atoms with E-state index in [-0.39, 0.29) is 11.8 Å². The van der Waals surface area contributed by atoms with Gasteiger partial charge in [0, 0.05) is 17.5 Å². The van der Waals surface area contributed by atoms with Gasteiger partial charge in [-0.05, 0) is 31.0 Å². The maximum atomic E-state index is 13.1. The van der Waals surface area contributed by atoms with Crippen LogP contribution in [0.2, 0.25) is 0 Å². The van der Waals surface area contributed by atoms with Crippen LogP contribution in [0.25, 0.3) is 0 Å². The van der Waals surface area contributed by atoms with Crippen LogP contribution in [0.3, 0.4) is 0 Å². The molecule has 0 fully saturated rings. The standard InChI is InChI=1S/C22H24N2O2S/c1-3-4-13-23-21(25)14-20-22(26)24(15-17-11-9-16(2)10-12-17)18-7-5-6-8-19(18)27-20/h5-12,14H,3-4,13,15H2,1-2H3,(H,23,25)/b20-14-. The molecule has 0 unspecified atom stereocenters. The fourth-order valence-electron chi connectivity index (χ4n) is 2.85. The van der Waals surface area contributed by atoms with Crippen LogP contribution < -0.4 is 10.2 Å². The Balaban J connectivity index is 1.86. The van der Waals surface area contributed by atoms with Crippen LogP contribution in [0.15, 0.2) is 64.4 Å². The van der Waals surface area contributed by atoms with Crippen molar-refractivity contribution in [1.29, 1.82) is 0 Å². The highest BCUT2D eigenvalue weighted by molar-refractivity contribution is 8.04. The lowest BCUT2D eigenvalue weighted by atomic mass is 10.1. The van der Waals surface area contributed by atoms with Crippen molar-refractivity contribution in [2.75, 3.05) is 11.4 Å². The first-order chi connectivity index (χ1) is 13.1. The van der Waals surface area contributed by atoms with Gasteiger partial charge in [-0.25, -0.2) is 0 Å². The number of amides is 2. The van der Waals surface area contributed by atoms with Crippen LogP contribution in [-0.2, 0) is 16.1 Å². The summed E-state index contributed by atoms with van der Waals surface area (Å²) in [5.74, 6) is -0.348. The lowest BCUT2D eigenvalue weighted by Crippen LogP contribution is -2.34. The maximum Gasteiger partial charge on any atom is 0.265 e. The molecule has 0 saturated carbocycles. The largest absolute Gasteiger partial charge is 0.353 e. The number of hydrogen-bond donors (Lipinski definition) is 1. The summed E-state index contributed by atoms with van der Waals surface area (Å²) in [4.78, 5) is 28.4. The normalized spacial score (nSPS) is 15.0. The second kappa shape index (κ2) is 8.91. The smallest absolute Gasteiger partial charge is 0.265 e. The maximum absolute atomic E-state index is 13.1. The zero-order chi connectivity index (χ0) is 19.2. The molecule has 1 aliphatic rings. The summed E-state index contributed by atoms with van der Waals surface area (Å²) in [6, 6.07) is 16.0. The highest BCUT2D eigenvalue weighted by atomic mass is 32.2. The fraction of sp³-hybridized carbons (Fsp3) is 0.273. The van der Waals surface area contributed by atoms with Gasteiger partial charge in [0.15, 0.2) is 0 Å². The topological polar surface area (TPSA) is 49.4 Å². The quantitative estimate of drug-likeness (QED) is 0.596. The third-order valence-electron chi connectivity index (χ3n) is 4.38. The van der Waals surface area contributed by atoms with Crippen LogP contribution in [-0.4, -0.2) is 18.4 Å².